The van der Waals surface area contributed by atoms with Crippen LogP contribution in [0.4, 0.5) is 5.69 Å². The Labute approximate surface area is 121 Å². The highest BCUT2D eigenvalue weighted by Crippen LogP contribution is 2.52. The third-order valence-corrected chi connectivity index (χ3v) is 3.99. The van der Waals surface area contributed by atoms with E-state index in [9.17, 15) is 4.79 Å². The monoisotopic (exact) mass is 291 g/mol. The number of rotatable bonds is 2. The zero-order valence-corrected chi connectivity index (χ0v) is 11.5. The molecule has 0 radical (unpaired) electrons. The number of hydrogen-bond donors (Lipinski definition) is 0. The number of nitrogens with zero attached hydrogens (tertiary/aromatic N) is 1. The Morgan fingerprint density at radius 1 is 0.895 bits per heavy atom. The average Bonchev–Trinajstić information content (AvgIpc) is 2.45. The second-order valence-corrected chi connectivity index (χ2v) is 5.83. The van der Waals surface area contributed by atoms with E-state index in [-0.39, 0.29) is 11.9 Å². The minimum absolute atomic E-state index is 0.282. The van der Waals surface area contributed by atoms with Crippen LogP contribution in [0.3, 0.4) is 0 Å². The number of anilines is 1. The Hall–Kier alpha value is -1.51. The average molecular weight is 292 g/mol. The molecule has 0 saturated carbocycles. The molecule has 3 rings (SSSR count). The quantitative estimate of drug-likeness (QED) is 0.606. The van der Waals surface area contributed by atoms with Gasteiger partial charge in [0, 0.05) is 5.69 Å². The molecule has 96 valence electrons. The molecule has 0 aromatic heterocycles. The van der Waals surface area contributed by atoms with Crippen molar-refractivity contribution in [3.05, 3.63) is 66.2 Å². The number of para-hydroxylation sites is 1. The van der Waals surface area contributed by atoms with Crippen LogP contribution in [0.15, 0.2) is 60.7 Å². The zero-order chi connectivity index (χ0) is 13.5. The molecule has 1 heterocycles. The molecule has 0 spiro atoms. The second kappa shape index (κ2) is 4.55. The maximum atomic E-state index is 12.1. The predicted octanol–water partition coefficient (Wildman–Crippen LogP) is 3.95. The van der Waals surface area contributed by atoms with E-state index < -0.39 is 4.33 Å². The van der Waals surface area contributed by atoms with Crippen molar-refractivity contribution in [3.8, 4) is 0 Å². The van der Waals surface area contributed by atoms with Crippen molar-refractivity contribution in [2.24, 2.45) is 0 Å². The molecule has 1 atom stereocenters. The SMILES string of the molecule is O=C1N(c2ccccc2)[C@H](c2ccccc2)C1(Cl)Cl. The summed E-state index contributed by atoms with van der Waals surface area (Å²) in [4.78, 5) is 13.8. The van der Waals surface area contributed by atoms with Gasteiger partial charge in [-0.25, -0.2) is 0 Å². The molecule has 1 amide bonds. The van der Waals surface area contributed by atoms with E-state index in [1.54, 1.807) is 4.90 Å². The van der Waals surface area contributed by atoms with Gasteiger partial charge in [0.15, 0.2) is 0 Å². The maximum absolute atomic E-state index is 12.1. The fraction of sp³-hybridized carbons (Fsp3) is 0.133. The number of hydrogen-bond acceptors (Lipinski definition) is 1. The molecule has 19 heavy (non-hydrogen) atoms. The molecule has 4 heteroatoms. The maximum Gasteiger partial charge on any atom is 0.266 e. The minimum Gasteiger partial charge on any atom is -0.299 e. The van der Waals surface area contributed by atoms with Crippen molar-refractivity contribution in [1.29, 1.82) is 0 Å². The highest BCUT2D eigenvalue weighted by atomic mass is 35.5. The van der Waals surface area contributed by atoms with Crippen LogP contribution < -0.4 is 4.90 Å². The lowest BCUT2D eigenvalue weighted by atomic mass is 9.92. The Morgan fingerprint density at radius 3 is 2.00 bits per heavy atom. The summed E-state index contributed by atoms with van der Waals surface area (Å²) in [5, 5.41) is 0. The number of halogens is 2. The molecule has 2 aromatic carbocycles. The standard InChI is InChI=1S/C15H11Cl2NO/c16-15(17)13(11-7-3-1-4-8-11)18(14(15)19)12-9-5-2-6-10-12/h1-10,13H/t13-/m1/s1. The number of β-lactam (4-membered cyclic amide) rings is 1. The van der Waals surface area contributed by atoms with Crippen LogP contribution in [-0.2, 0) is 4.79 Å². The fourth-order valence-electron chi connectivity index (χ4n) is 2.34. The summed E-state index contributed by atoms with van der Waals surface area (Å²) in [5.41, 5.74) is 1.73. The number of alkyl halides is 2. The van der Waals surface area contributed by atoms with E-state index in [1.165, 1.54) is 0 Å². The Balaban J connectivity index is 2.03. The predicted molar refractivity (Wildman–Crippen MR) is 77.5 cm³/mol. The molecule has 1 saturated heterocycles. The highest BCUT2D eigenvalue weighted by molar-refractivity contribution is 6.62. The van der Waals surface area contributed by atoms with Gasteiger partial charge in [-0.3, -0.25) is 9.69 Å². The summed E-state index contributed by atoms with van der Waals surface area (Å²) < 4.78 is -1.39. The molecule has 0 unspecified atom stereocenters. The molecule has 0 bridgehead atoms. The molecule has 1 aliphatic heterocycles. The lowest BCUT2D eigenvalue weighted by Crippen LogP contribution is -2.62. The molecule has 0 N–H and O–H groups in total. The molecular weight excluding hydrogens is 281 g/mol. The Bertz CT molecular complexity index is 598. The number of benzene rings is 2. The first-order valence-electron chi connectivity index (χ1n) is 5.94. The zero-order valence-electron chi connectivity index (χ0n) is 9.96. The first kappa shape index (κ1) is 12.5. The Kier molecular flexibility index (Phi) is 3.00. The molecule has 1 fully saturated rings. The first-order valence-corrected chi connectivity index (χ1v) is 6.69. The summed E-state index contributed by atoms with van der Waals surface area (Å²) in [6.07, 6.45) is 0. The van der Waals surface area contributed by atoms with Crippen LogP contribution in [0.1, 0.15) is 11.6 Å². The highest BCUT2D eigenvalue weighted by Gasteiger charge is 2.60. The van der Waals surface area contributed by atoms with E-state index in [4.69, 9.17) is 23.2 Å². The van der Waals surface area contributed by atoms with Crippen LogP contribution in [-0.4, -0.2) is 10.2 Å². The van der Waals surface area contributed by atoms with Crippen LogP contribution in [0.2, 0.25) is 0 Å². The summed E-state index contributed by atoms with van der Waals surface area (Å²) in [6.45, 7) is 0. The van der Waals surface area contributed by atoms with Crippen LogP contribution in [0.5, 0.6) is 0 Å². The van der Waals surface area contributed by atoms with Gasteiger partial charge in [-0.1, -0.05) is 71.7 Å². The third-order valence-electron chi connectivity index (χ3n) is 3.26. The number of carbonyl (C=O) groups excluding carboxylic acids is 1. The molecule has 1 aliphatic rings. The van der Waals surface area contributed by atoms with Gasteiger partial charge in [-0.05, 0) is 17.7 Å². The first-order chi connectivity index (χ1) is 9.12. The van der Waals surface area contributed by atoms with Gasteiger partial charge in [0.1, 0.15) is 6.04 Å². The largest absolute Gasteiger partial charge is 0.299 e. The minimum atomic E-state index is -1.39. The summed E-state index contributed by atoms with van der Waals surface area (Å²) >= 11 is 12.3. The van der Waals surface area contributed by atoms with Crippen LogP contribution in [0, 0.1) is 0 Å². The lowest BCUT2D eigenvalue weighted by molar-refractivity contribution is -0.125. The smallest absolute Gasteiger partial charge is 0.266 e. The van der Waals surface area contributed by atoms with Gasteiger partial charge >= 0.3 is 0 Å². The fourth-order valence-corrected chi connectivity index (χ4v) is 2.97. The summed E-state index contributed by atoms with van der Waals surface area (Å²) in [6, 6.07) is 18.6. The van der Waals surface area contributed by atoms with Crippen molar-refractivity contribution in [2.75, 3.05) is 4.90 Å². The van der Waals surface area contributed by atoms with E-state index in [0.717, 1.165) is 11.3 Å². The van der Waals surface area contributed by atoms with Crippen LogP contribution >= 0.6 is 23.2 Å². The van der Waals surface area contributed by atoms with Gasteiger partial charge in [-0.2, -0.15) is 0 Å². The van der Waals surface area contributed by atoms with E-state index in [0.29, 0.717) is 0 Å². The van der Waals surface area contributed by atoms with Crippen molar-refractivity contribution < 1.29 is 4.79 Å². The topological polar surface area (TPSA) is 20.3 Å². The van der Waals surface area contributed by atoms with E-state index in [1.807, 2.05) is 60.7 Å². The molecule has 2 aromatic rings. The lowest BCUT2D eigenvalue weighted by Gasteiger charge is -2.49. The van der Waals surface area contributed by atoms with Gasteiger partial charge in [0.2, 0.25) is 4.33 Å². The Morgan fingerprint density at radius 2 is 1.42 bits per heavy atom. The molecule has 2 nitrogen and oxygen atoms in total. The van der Waals surface area contributed by atoms with Crippen molar-refractivity contribution in [2.45, 2.75) is 10.4 Å². The third kappa shape index (κ3) is 1.92. The van der Waals surface area contributed by atoms with Gasteiger partial charge in [0.25, 0.3) is 5.91 Å². The summed E-state index contributed by atoms with van der Waals surface area (Å²) in [7, 11) is 0. The van der Waals surface area contributed by atoms with Gasteiger partial charge in [0.05, 0.1) is 0 Å². The van der Waals surface area contributed by atoms with E-state index in [2.05, 4.69) is 0 Å². The van der Waals surface area contributed by atoms with Crippen molar-refractivity contribution >= 4 is 34.8 Å². The normalized spacial score (nSPS) is 21.1. The van der Waals surface area contributed by atoms with Crippen molar-refractivity contribution in [3.63, 3.8) is 0 Å². The van der Waals surface area contributed by atoms with Gasteiger partial charge < -0.3 is 0 Å². The summed E-state index contributed by atoms with van der Waals surface area (Å²) in [5.74, 6) is -0.282. The number of amides is 1. The second-order valence-electron chi connectivity index (χ2n) is 4.45. The molecular formula is C15H11Cl2NO. The van der Waals surface area contributed by atoms with Gasteiger partial charge in [-0.15, -0.1) is 0 Å². The van der Waals surface area contributed by atoms with E-state index >= 15 is 0 Å². The molecule has 0 aliphatic carbocycles. The number of carbonyl (C=O) groups is 1. The van der Waals surface area contributed by atoms with Crippen LogP contribution in [0.25, 0.3) is 0 Å². The van der Waals surface area contributed by atoms with Crippen molar-refractivity contribution in [1.82, 2.24) is 0 Å².